The smallest absolute Gasteiger partial charge is 0.462 e. The Hall–Kier alpha value is -8.91. The number of ether oxygens (including phenoxy) is 15. The van der Waals surface area contributed by atoms with E-state index in [9.17, 15) is 216 Å². The number of benzene rings is 3. The molecule has 0 heterocycles. The molecule has 0 fully saturated rings. The Morgan fingerprint density at radius 2 is 0.414 bits per heavy atom. The molecule has 0 bridgehead atoms. The van der Waals surface area contributed by atoms with Crippen molar-refractivity contribution in [3.05, 3.63) is 59.2 Å². The zero-order chi connectivity index (χ0) is 101. The van der Waals surface area contributed by atoms with Gasteiger partial charge in [-0.2, -0.15) is 237 Å². The maximum absolute atomic E-state index is 15.5. The minimum absolute atomic E-state index is 0.0663. The molecule has 0 saturated carbocycles. The number of hydrogen-bond donors (Lipinski definition) is 0. The molecule has 0 aliphatic carbocycles. The second kappa shape index (κ2) is 35.7. The molecule has 3 aromatic carbocycles. The van der Waals surface area contributed by atoms with Gasteiger partial charge in [0.25, 0.3) is 0 Å². The number of rotatable bonds is 43. The van der Waals surface area contributed by atoms with Crippen LogP contribution in [0.4, 0.5) is 263 Å². The van der Waals surface area contributed by atoms with Crippen molar-refractivity contribution in [1.82, 2.24) is 0 Å². The summed E-state index contributed by atoms with van der Waals surface area (Å²) < 4.78 is 881. The number of methoxy groups -OCH3 is 1. The van der Waals surface area contributed by atoms with Crippen LogP contribution < -0.4 is 37.9 Å². The maximum atomic E-state index is 15.5. The van der Waals surface area contributed by atoms with Gasteiger partial charge in [0, 0.05) is 0 Å². The number of halogens is 60. The predicted octanol–water partition coefficient (Wildman–Crippen LogP) is 23.1. The first kappa shape index (κ1) is 113. The first-order valence-corrected chi connectivity index (χ1v) is 29.1. The van der Waals surface area contributed by atoms with E-state index >= 15 is 52.7 Å². The van der Waals surface area contributed by atoms with Gasteiger partial charge in [0.05, 0.1) is 12.7 Å². The third-order valence-electron chi connectivity index (χ3n) is 13.2. The number of carbonyl (C=O) groups is 1. The van der Waals surface area contributed by atoms with E-state index in [4.69, 9.17) is 4.74 Å². The molecule has 0 aliphatic rings. The van der Waals surface area contributed by atoms with Crippen LogP contribution in [0.3, 0.4) is 0 Å². The highest BCUT2D eigenvalue weighted by atomic mass is 19.5. The largest absolute Gasteiger partial charge is 0.485 e. The molecule has 0 aliphatic heterocycles. The monoisotopic (exact) mass is 2040 g/mol. The van der Waals surface area contributed by atoms with Gasteiger partial charge in [-0.1, -0.05) is 0 Å². The predicted molar refractivity (Wildman–Crippen MR) is 264 cm³/mol. The van der Waals surface area contributed by atoms with Crippen LogP contribution in [0.25, 0.3) is 0 Å². The van der Waals surface area contributed by atoms with Gasteiger partial charge in [0.2, 0.25) is 11.5 Å². The van der Waals surface area contributed by atoms with E-state index in [1.807, 2.05) is 28.4 Å². The molecule has 0 saturated heterocycles. The summed E-state index contributed by atoms with van der Waals surface area (Å²) in [6.07, 6.45) is -180. The van der Waals surface area contributed by atoms with Crippen LogP contribution in [-0.4, -0.2) is 197 Å². The topological polar surface area (TPSA) is 156 Å². The molecular weight excluding hydrogens is 2020 g/mol. The number of carbonyl (C=O) groups excluding carboxylic acids is 1. The van der Waals surface area contributed by atoms with Gasteiger partial charge < -0.3 is 42.6 Å². The number of alkyl halides is 60. The summed E-state index contributed by atoms with van der Waals surface area (Å²) in [6, 6.07) is -6.25. The van der Waals surface area contributed by atoms with E-state index in [0.29, 0.717) is 0 Å². The second-order valence-corrected chi connectivity index (χ2v) is 22.7. The van der Waals surface area contributed by atoms with Gasteiger partial charge in [0.1, 0.15) is 13.2 Å². The van der Waals surface area contributed by atoms with Gasteiger partial charge in [-0.25, -0.2) is 31.1 Å². The second-order valence-electron chi connectivity index (χ2n) is 22.7. The van der Waals surface area contributed by atoms with Crippen LogP contribution in [0.2, 0.25) is 0 Å². The molecule has 0 spiro atoms. The lowest BCUT2D eigenvalue weighted by Crippen LogP contribution is -2.56. The quantitative estimate of drug-likeness (QED) is 0.0389. The molecule has 744 valence electrons. The Morgan fingerprint density at radius 1 is 0.242 bits per heavy atom. The Labute approximate surface area is 655 Å². The zero-order valence-corrected chi connectivity index (χ0v) is 57.1. The molecule has 0 aromatic heterocycles. The lowest BCUT2D eigenvalue weighted by Gasteiger charge is -2.33. The van der Waals surface area contributed by atoms with Gasteiger partial charge in [0.15, 0.2) is 34.5 Å². The highest BCUT2D eigenvalue weighted by Gasteiger charge is 2.82. The third kappa shape index (κ3) is 24.1. The van der Waals surface area contributed by atoms with Crippen molar-refractivity contribution in [3.8, 4) is 46.0 Å². The minimum Gasteiger partial charge on any atom is -0.485 e. The molecule has 0 amide bonds. The van der Waals surface area contributed by atoms with E-state index in [2.05, 4.69) is 37.9 Å². The lowest BCUT2D eigenvalue weighted by molar-refractivity contribution is -0.461. The fourth-order valence-electron chi connectivity index (χ4n) is 7.00. The first-order chi connectivity index (χ1) is 56.1. The van der Waals surface area contributed by atoms with Gasteiger partial charge >= 0.3 is 190 Å². The van der Waals surface area contributed by atoms with E-state index in [1.54, 1.807) is 0 Å². The normalized spacial score (nSPS) is 16.4. The van der Waals surface area contributed by atoms with E-state index in [-0.39, 0.29) is 25.3 Å². The Balaban J connectivity index is 2.77. The Bertz CT molecular complexity index is 4100. The van der Waals surface area contributed by atoms with E-state index in [1.165, 1.54) is 0 Å². The standard InChI is InChI=1S/C52H20F60O16/c1-114-22(113)13-2-3-14(115-9-11-4-16(117-29(59,60)23(53)123-47(101,102)35(71,72)41(83,84)85)20(121-33(67,68)27(57)127-51(109,110)39(79,80)45(95,96)97)17(5-11)118-30(61,62)24(54)124-48(103,104)36(73,74)42(86,87)88)15(8-13)116-10-12-6-18(119-31(63,64)25(55)125-49(105,106)37(75,76)43(89,90)91)21(122-34(69,70)28(58)128-52(111,112)40(81,82)46(98,99)100)19(7-12)120-32(65,66)26(56)126-50(107,108)38(77,78)44(92,93)94/h2-8,23-28H,9-10H2,1H3. The summed E-state index contributed by atoms with van der Waals surface area (Å²) >= 11 is 0. The van der Waals surface area contributed by atoms with Crippen LogP contribution in [-0.2, 0) is 46.4 Å². The SMILES string of the molecule is COC(=O)c1ccc(OCc2cc(OC(F)(F)C(F)OC(F)(F)C(F)(F)C(F)(F)F)c(OC(F)(F)C(F)OC(F)(F)C(F)(F)C(F)(F)F)c(OC(F)(F)C(F)OC(F)(F)C(F)(F)C(F)(F)F)c2)c(OCc2cc(OC(F)(F)C(F)OC(F)(F)C(F)(F)C(F)(F)F)c(OC(F)(F)C(F)OC(F)(F)C(F)(F)C(F)(F)F)c(OC(F)(F)C(F)OC(F)(F)C(F)(F)C(F)(F)F)c2)c1. The van der Waals surface area contributed by atoms with Gasteiger partial charge in [-0.05, 0) is 53.6 Å². The van der Waals surface area contributed by atoms with Crippen molar-refractivity contribution in [2.24, 2.45) is 0 Å². The Morgan fingerprint density at radius 3 is 0.586 bits per heavy atom. The summed E-state index contributed by atoms with van der Waals surface area (Å²) in [6.45, 7) is -5.62. The summed E-state index contributed by atoms with van der Waals surface area (Å²) in [7, 11) is 0.181. The van der Waals surface area contributed by atoms with Crippen LogP contribution in [0.15, 0.2) is 42.5 Å². The lowest BCUT2D eigenvalue weighted by atomic mass is 10.1. The summed E-state index contributed by atoms with van der Waals surface area (Å²) in [4.78, 5) is 12.6. The third-order valence-corrected chi connectivity index (χ3v) is 13.2. The van der Waals surface area contributed by atoms with Gasteiger partial charge in [-0.3, -0.25) is 28.4 Å². The van der Waals surface area contributed by atoms with Crippen molar-refractivity contribution in [3.63, 3.8) is 0 Å². The van der Waals surface area contributed by atoms with Crippen molar-refractivity contribution < 1.29 is 339 Å². The fraction of sp³-hybridized carbons (Fsp3) is 0.635. The molecule has 3 rings (SSSR count). The molecule has 0 radical (unpaired) electrons. The van der Waals surface area contributed by atoms with E-state index in [0.717, 1.165) is 0 Å². The highest BCUT2D eigenvalue weighted by molar-refractivity contribution is 5.90. The molecule has 16 nitrogen and oxygen atoms in total. The van der Waals surface area contributed by atoms with Crippen LogP contribution >= 0.6 is 0 Å². The molecule has 0 N–H and O–H groups in total. The van der Waals surface area contributed by atoms with Crippen molar-refractivity contribution in [2.75, 3.05) is 7.11 Å². The summed E-state index contributed by atoms with van der Waals surface area (Å²) in [5.74, 6) is -78.7. The zero-order valence-electron chi connectivity index (χ0n) is 57.1. The maximum Gasteiger partial charge on any atom is 0.462 e. The van der Waals surface area contributed by atoms with Gasteiger partial charge in [-0.15, -0.1) is 0 Å². The summed E-state index contributed by atoms with van der Waals surface area (Å²) in [5.41, 5.74) is -6.50. The van der Waals surface area contributed by atoms with Crippen LogP contribution in [0.5, 0.6) is 46.0 Å². The molecule has 76 heteroatoms. The van der Waals surface area contributed by atoms with E-state index < -0.39 is 290 Å². The van der Waals surface area contributed by atoms with Crippen LogP contribution in [0.1, 0.15) is 21.5 Å². The van der Waals surface area contributed by atoms with Crippen molar-refractivity contribution >= 4 is 5.97 Å². The highest BCUT2D eigenvalue weighted by Crippen LogP contribution is 2.59. The summed E-state index contributed by atoms with van der Waals surface area (Å²) in [5, 5.41) is 0. The number of hydrogen-bond acceptors (Lipinski definition) is 16. The van der Waals surface area contributed by atoms with Crippen LogP contribution in [0, 0.1) is 0 Å². The Kier molecular flexibility index (Phi) is 31.6. The molecule has 128 heavy (non-hydrogen) atoms. The molecule has 3 aromatic rings. The molecule has 6 atom stereocenters. The fourth-order valence-corrected chi connectivity index (χ4v) is 7.00. The first-order valence-electron chi connectivity index (χ1n) is 29.1. The molecule has 6 unspecified atom stereocenters. The van der Waals surface area contributed by atoms with Crippen molar-refractivity contribution in [1.29, 1.82) is 0 Å². The number of esters is 1. The minimum atomic E-state index is -8.14. The average Bonchev–Trinajstić information content (AvgIpc) is 0.772. The van der Waals surface area contributed by atoms with Crippen molar-refractivity contribution in [2.45, 2.75) is 197 Å². The average molecular weight is 2040 g/mol. The molecular formula is C52H20F60O16.